The number of hydrogen-bond donors (Lipinski definition) is 1. The molecule has 68 valence electrons. The molecular weight excluding hydrogens is 152 g/mol. The number of Topliss-reactive ketones (excluding diaryl/α,β-unsaturated/α-hetero) is 1. The highest BCUT2D eigenvalue weighted by atomic mass is 16.3. The van der Waals surface area contributed by atoms with Gasteiger partial charge in [0.25, 0.3) is 0 Å². The fraction of sp³-hybridized carbons (Fsp3) is 0.900. The van der Waals surface area contributed by atoms with Crippen LogP contribution in [-0.2, 0) is 4.79 Å². The molecule has 2 rings (SSSR count). The van der Waals surface area contributed by atoms with Crippen LogP contribution in [0.15, 0.2) is 0 Å². The molecule has 2 heteroatoms. The number of hydrogen-bond acceptors (Lipinski definition) is 2. The molecule has 2 saturated carbocycles. The predicted octanol–water partition coefficient (Wildman–Crippen LogP) is 1.37. The number of carbonyl (C=O) groups excluding carboxylic acids is 1. The van der Waals surface area contributed by atoms with Crippen LogP contribution in [0.5, 0.6) is 0 Å². The molecule has 0 saturated heterocycles. The molecule has 2 nitrogen and oxygen atoms in total. The van der Waals surface area contributed by atoms with Gasteiger partial charge in [0.1, 0.15) is 5.78 Å². The maximum absolute atomic E-state index is 11.5. The summed E-state index contributed by atoms with van der Waals surface area (Å²) in [5.41, 5.74) is -0.155. The van der Waals surface area contributed by atoms with Crippen LogP contribution in [-0.4, -0.2) is 17.0 Å². The molecule has 0 aliphatic heterocycles. The quantitative estimate of drug-likeness (QED) is 0.593. The van der Waals surface area contributed by atoms with Gasteiger partial charge in [-0.15, -0.1) is 0 Å². The number of aliphatic hydroxyl groups is 1. The molecule has 0 aromatic carbocycles. The Labute approximate surface area is 73.0 Å². The summed E-state index contributed by atoms with van der Waals surface area (Å²) in [7, 11) is 0. The fourth-order valence-corrected chi connectivity index (χ4v) is 2.97. The van der Waals surface area contributed by atoms with Crippen molar-refractivity contribution < 1.29 is 9.90 Å². The number of carbonyl (C=O) groups is 1. The number of ketones is 1. The second-order valence-corrected chi connectivity index (χ2v) is 5.09. The second-order valence-electron chi connectivity index (χ2n) is 5.09. The predicted molar refractivity (Wildman–Crippen MR) is 45.6 cm³/mol. The minimum Gasteiger partial charge on any atom is -0.393 e. The highest BCUT2D eigenvalue weighted by Crippen LogP contribution is 2.63. The van der Waals surface area contributed by atoms with Crippen LogP contribution in [0.25, 0.3) is 0 Å². The molecule has 2 aliphatic carbocycles. The minimum atomic E-state index is -0.268. The van der Waals surface area contributed by atoms with Gasteiger partial charge in [-0.3, -0.25) is 4.79 Å². The van der Waals surface area contributed by atoms with E-state index >= 15 is 0 Å². The average molecular weight is 168 g/mol. The van der Waals surface area contributed by atoms with E-state index in [1.807, 2.05) is 6.92 Å². The van der Waals surface area contributed by atoms with Gasteiger partial charge in [0.15, 0.2) is 0 Å². The zero-order valence-electron chi connectivity index (χ0n) is 7.92. The van der Waals surface area contributed by atoms with Crippen molar-refractivity contribution in [2.75, 3.05) is 0 Å². The third-order valence-electron chi connectivity index (χ3n) is 4.47. The molecule has 0 spiro atoms. The summed E-state index contributed by atoms with van der Waals surface area (Å²) in [5, 5.41) is 9.78. The second kappa shape index (κ2) is 1.92. The Bertz CT molecular complexity index is 244. The summed E-state index contributed by atoms with van der Waals surface area (Å²) in [4.78, 5) is 11.5. The Balaban J connectivity index is 2.47. The van der Waals surface area contributed by atoms with Crippen LogP contribution in [0.3, 0.4) is 0 Å². The van der Waals surface area contributed by atoms with Gasteiger partial charge in [0, 0.05) is 17.8 Å². The SMILES string of the molecule is CC1(C)[C@H]2C[C@@H](O)[C@]1(C)CC2=O. The Morgan fingerprint density at radius 1 is 1.42 bits per heavy atom. The van der Waals surface area contributed by atoms with E-state index in [-0.39, 0.29) is 22.9 Å². The van der Waals surface area contributed by atoms with Crippen molar-refractivity contribution in [2.45, 2.75) is 39.7 Å². The summed E-state index contributed by atoms with van der Waals surface area (Å²) in [5.74, 6) is 0.463. The standard InChI is InChI=1S/C10H16O2/c1-9(2)6-4-8(12)10(9,3)5-7(6)11/h6,8,12H,4-5H2,1-3H3/t6-,8+,10-/m0/s1. The topological polar surface area (TPSA) is 37.3 Å². The van der Waals surface area contributed by atoms with Crippen molar-refractivity contribution in [3.05, 3.63) is 0 Å². The lowest BCUT2D eigenvalue weighted by Gasteiger charge is -2.35. The van der Waals surface area contributed by atoms with Crippen LogP contribution in [0.1, 0.15) is 33.6 Å². The number of rotatable bonds is 0. The number of fused-ring (bicyclic) bond motifs is 2. The minimum absolute atomic E-state index is 0.00347. The van der Waals surface area contributed by atoms with Gasteiger partial charge in [-0.25, -0.2) is 0 Å². The summed E-state index contributed by atoms with van der Waals surface area (Å²) >= 11 is 0. The van der Waals surface area contributed by atoms with E-state index in [0.29, 0.717) is 18.6 Å². The van der Waals surface area contributed by atoms with Gasteiger partial charge >= 0.3 is 0 Å². The molecule has 3 atom stereocenters. The summed E-state index contributed by atoms with van der Waals surface area (Å²) < 4.78 is 0. The van der Waals surface area contributed by atoms with Gasteiger partial charge in [0.2, 0.25) is 0 Å². The molecule has 0 amide bonds. The molecule has 2 aliphatic rings. The van der Waals surface area contributed by atoms with Crippen LogP contribution in [0, 0.1) is 16.7 Å². The molecule has 0 aromatic heterocycles. The molecule has 2 bridgehead atoms. The Morgan fingerprint density at radius 3 is 2.25 bits per heavy atom. The maximum Gasteiger partial charge on any atom is 0.137 e. The van der Waals surface area contributed by atoms with Crippen molar-refractivity contribution in [2.24, 2.45) is 16.7 Å². The van der Waals surface area contributed by atoms with Crippen LogP contribution in [0.2, 0.25) is 0 Å². The first-order valence-corrected chi connectivity index (χ1v) is 4.60. The zero-order chi connectivity index (χ0) is 9.15. The largest absolute Gasteiger partial charge is 0.393 e. The summed E-state index contributed by atoms with van der Waals surface area (Å²) in [6.45, 7) is 6.26. The van der Waals surface area contributed by atoms with Crippen molar-refractivity contribution >= 4 is 5.78 Å². The van der Waals surface area contributed by atoms with E-state index < -0.39 is 0 Å². The first-order chi connectivity index (χ1) is 5.39. The average Bonchev–Trinajstić information content (AvgIpc) is 2.18. The van der Waals surface area contributed by atoms with Gasteiger partial charge in [0.05, 0.1) is 6.10 Å². The van der Waals surface area contributed by atoms with Gasteiger partial charge in [-0.2, -0.15) is 0 Å². The third-order valence-corrected chi connectivity index (χ3v) is 4.47. The van der Waals surface area contributed by atoms with Crippen molar-refractivity contribution in [3.63, 3.8) is 0 Å². The molecule has 0 unspecified atom stereocenters. The van der Waals surface area contributed by atoms with Crippen molar-refractivity contribution in [1.29, 1.82) is 0 Å². The molecule has 0 aromatic rings. The third kappa shape index (κ3) is 0.634. The van der Waals surface area contributed by atoms with E-state index in [9.17, 15) is 9.90 Å². The molecule has 0 heterocycles. The van der Waals surface area contributed by atoms with Crippen molar-refractivity contribution in [1.82, 2.24) is 0 Å². The highest BCUT2D eigenvalue weighted by molar-refractivity contribution is 5.87. The lowest BCUT2D eigenvalue weighted by molar-refractivity contribution is -0.124. The Kier molecular flexibility index (Phi) is 1.32. The van der Waals surface area contributed by atoms with E-state index in [1.54, 1.807) is 0 Å². The lowest BCUT2D eigenvalue weighted by Crippen LogP contribution is -2.35. The van der Waals surface area contributed by atoms with Crippen molar-refractivity contribution in [3.8, 4) is 0 Å². The smallest absolute Gasteiger partial charge is 0.137 e. The van der Waals surface area contributed by atoms with Crippen LogP contribution in [0.4, 0.5) is 0 Å². The summed E-state index contributed by atoms with van der Waals surface area (Å²) in [6.07, 6.45) is 0.990. The molecule has 12 heavy (non-hydrogen) atoms. The number of aliphatic hydroxyl groups excluding tert-OH is 1. The molecular formula is C10H16O2. The first-order valence-electron chi connectivity index (χ1n) is 4.60. The molecule has 2 fully saturated rings. The Morgan fingerprint density at radius 2 is 2.00 bits per heavy atom. The van der Waals surface area contributed by atoms with E-state index in [0.717, 1.165) is 0 Å². The lowest BCUT2D eigenvalue weighted by atomic mass is 9.70. The van der Waals surface area contributed by atoms with Gasteiger partial charge in [-0.05, 0) is 11.8 Å². The molecule has 0 radical (unpaired) electrons. The van der Waals surface area contributed by atoms with Gasteiger partial charge in [-0.1, -0.05) is 20.8 Å². The monoisotopic (exact) mass is 168 g/mol. The fourth-order valence-electron chi connectivity index (χ4n) is 2.97. The molecule has 1 N–H and O–H groups in total. The normalized spacial score (nSPS) is 50.2. The zero-order valence-corrected chi connectivity index (χ0v) is 7.92. The summed E-state index contributed by atoms with van der Waals surface area (Å²) in [6, 6.07) is 0. The maximum atomic E-state index is 11.5. The van der Waals surface area contributed by atoms with Crippen LogP contribution < -0.4 is 0 Å². The van der Waals surface area contributed by atoms with Gasteiger partial charge < -0.3 is 5.11 Å². The Hall–Kier alpha value is -0.370. The van der Waals surface area contributed by atoms with Crippen LogP contribution >= 0.6 is 0 Å². The van der Waals surface area contributed by atoms with E-state index in [2.05, 4.69) is 13.8 Å². The van der Waals surface area contributed by atoms with E-state index in [1.165, 1.54) is 0 Å². The highest BCUT2D eigenvalue weighted by Gasteiger charge is 2.65. The first kappa shape index (κ1) is 8.24. The van der Waals surface area contributed by atoms with E-state index in [4.69, 9.17) is 0 Å².